The van der Waals surface area contributed by atoms with Gasteiger partial charge >= 0.3 is 0 Å². The first-order valence-electron chi connectivity index (χ1n) is 7.46. The number of rotatable bonds is 10. The van der Waals surface area contributed by atoms with Crippen molar-refractivity contribution in [1.29, 1.82) is 0 Å². The van der Waals surface area contributed by atoms with E-state index in [1.54, 1.807) is 7.11 Å². The summed E-state index contributed by atoms with van der Waals surface area (Å²) in [5.41, 5.74) is 2.43. The number of unbranched alkanes of at least 4 members (excludes halogenated alkanes) is 1. The highest BCUT2D eigenvalue weighted by atomic mass is 35.5. The van der Waals surface area contributed by atoms with Crippen LogP contribution in [0.3, 0.4) is 0 Å². The lowest BCUT2D eigenvalue weighted by atomic mass is 10.1. The lowest BCUT2D eigenvalue weighted by molar-refractivity contribution is 0.199. The molecule has 0 aromatic heterocycles. The van der Waals surface area contributed by atoms with Gasteiger partial charge in [0.15, 0.2) is 0 Å². The summed E-state index contributed by atoms with van der Waals surface area (Å²) in [7, 11) is 1.71. The molecule has 3 nitrogen and oxygen atoms in total. The predicted molar refractivity (Wildman–Crippen MR) is 87.8 cm³/mol. The van der Waals surface area contributed by atoms with E-state index in [-0.39, 0.29) is 0 Å². The number of benzene rings is 1. The Kier molecular flexibility index (Phi) is 8.67. The first kappa shape index (κ1) is 17.3. The molecule has 4 heteroatoms. The van der Waals surface area contributed by atoms with Gasteiger partial charge in [-0.3, -0.25) is 0 Å². The monoisotopic (exact) mass is 298 g/mol. The van der Waals surface area contributed by atoms with Crippen molar-refractivity contribution in [1.82, 2.24) is 5.32 Å². The molecule has 1 rings (SSSR count). The number of hydrogen-bond acceptors (Lipinski definition) is 3. The zero-order valence-corrected chi connectivity index (χ0v) is 13.7. The fourth-order valence-corrected chi connectivity index (χ4v) is 2.44. The number of methoxy groups -OCH3 is 1. The highest BCUT2D eigenvalue weighted by Crippen LogP contribution is 2.27. The van der Waals surface area contributed by atoms with Crippen molar-refractivity contribution in [3.63, 3.8) is 0 Å². The van der Waals surface area contributed by atoms with Crippen LogP contribution >= 0.6 is 11.6 Å². The summed E-state index contributed by atoms with van der Waals surface area (Å²) in [6.07, 6.45) is 2.41. The van der Waals surface area contributed by atoms with Gasteiger partial charge in [-0.2, -0.15) is 0 Å². The smallest absolute Gasteiger partial charge is 0.0587 e. The molecule has 0 spiro atoms. The first-order valence-corrected chi connectivity index (χ1v) is 7.84. The molecule has 0 bridgehead atoms. The van der Waals surface area contributed by atoms with E-state index in [1.807, 2.05) is 12.1 Å². The van der Waals surface area contributed by atoms with Crippen molar-refractivity contribution in [2.45, 2.75) is 33.2 Å². The summed E-state index contributed by atoms with van der Waals surface area (Å²) in [4.78, 5) is 2.41. The normalized spacial score (nSPS) is 10.8. The molecular weight excluding hydrogens is 272 g/mol. The van der Waals surface area contributed by atoms with Crippen LogP contribution in [-0.4, -0.2) is 33.4 Å². The quantitative estimate of drug-likeness (QED) is 0.667. The number of nitrogens with zero attached hydrogens (tertiary/aromatic N) is 1. The number of anilines is 1. The molecule has 0 heterocycles. The molecule has 20 heavy (non-hydrogen) atoms. The Morgan fingerprint density at radius 2 is 2.10 bits per heavy atom. The minimum Gasteiger partial charge on any atom is -0.383 e. The minimum absolute atomic E-state index is 0.715. The van der Waals surface area contributed by atoms with E-state index in [0.29, 0.717) is 6.61 Å². The van der Waals surface area contributed by atoms with Gasteiger partial charge in [-0.25, -0.2) is 0 Å². The van der Waals surface area contributed by atoms with Gasteiger partial charge < -0.3 is 15.0 Å². The molecule has 0 aliphatic carbocycles. The van der Waals surface area contributed by atoms with E-state index >= 15 is 0 Å². The predicted octanol–water partition coefficient (Wildman–Crippen LogP) is 3.70. The zero-order chi connectivity index (χ0) is 14.8. The third-order valence-corrected chi connectivity index (χ3v) is 3.74. The largest absolute Gasteiger partial charge is 0.383 e. The zero-order valence-electron chi connectivity index (χ0n) is 12.9. The molecule has 0 atom stereocenters. The molecule has 0 saturated carbocycles. The fraction of sp³-hybridized carbons (Fsp3) is 0.625. The SMILES string of the molecule is CCCCN(CC)c1cccc(Cl)c1CNCCOC. The van der Waals surface area contributed by atoms with Crippen LogP contribution in [0.15, 0.2) is 18.2 Å². The summed E-state index contributed by atoms with van der Waals surface area (Å²) >= 11 is 6.38. The van der Waals surface area contributed by atoms with E-state index in [0.717, 1.165) is 31.2 Å². The molecule has 0 amide bonds. The summed E-state index contributed by atoms with van der Waals surface area (Å²) in [6.45, 7) is 8.83. The molecule has 0 aliphatic rings. The van der Waals surface area contributed by atoms with E-state index < -0.39 is 0 Å². The van der Waals surface area contributed by atoms with Crippen molar-refractivity contribution < 1.29 is 4.74 Å². The molecule has 1 aromatic rings. The molecule has 0 unspecified atom stereocenters. The Bertz CT molecular complexity index is 385. The maximum Gasteiger partial charge on any atom is 0.0587 e. The Morgan fingerprint density at radius 3 is 2.75 bits per heavy atom. The summed E-state index contributed by atoms with van der Waals surface area (Å²) in [5, 5.41) is 4.22. The van der Waals surface area contributed by atoms with Crippen molar-refractivity contribution in [3.05, 3.63) is 28.8 Å². The second-order valence-corrected chi connectivity index (χ2v) is 5.25. The van der Waals surface area contributed by atoms with Gasteiger partial charge in [0.05, 0.1) is 6.61 Å². The van der Waals surface area contributed by atoms with E-state index in [9.17, 15) is 0 Å². The van der Waals surface area contributed by atoms with Crippen LogP contribution in [0.2, 0.25) is 5.02 Å². The van der Waals surface area contributed by atoms with E-state index in [2.05, 4.69) is 30.1 Å². The lowest BCUT2D eigenvalue weighted by Gasteiger charge is -2.26. The lowest BCUT2D eigenvalue weighted by Crippen LogP contribution is -2.27. The Morgan fingerprint density at radius 1 is 1.30 bits per heavy atom. The average Bonchev–Trinajstić information content (AvgIpc) is 2.46. The summed E-state index contributed by atoms with van der Waals surface area (Å²) in [6, 6.07) is 6.16. The Balaban J connectivity index is 2.79. The van der Waals surface area contributed by atoms with Crippen molar-refractivity contribution in [2.24, 2.45) is 0 Å². The van der Waals surface area contributed by atoms with Crippen molar-refractivity contribution >= 4 is 17.3 Å². The van der Waals surface area contributed by atoms with E-state index in [4.69, 9.17) is 16.3 Å². The Labute approximate surface area is 128 Å². The maximum absolute atomic E-state index is 6.38. The van der Waals surface area contributed by atoms with Gasteiger partial charge in [-0.15, -0.1) is 0 Å². The second-order valence-electron chi connectivity index (χ2n) is 4.84. The van der Waals surface area contributed by atoms with Gasteiger partial charge in [-0.05, 0) is 25.5 Å². The number of ether oxygens (including phenoxy) is 1. The second kappa shape index (κ2) is 10.0. The Hall–Kier alpha value is -0.770. The maximum atomic E-state index is 6.38. The molecule has 0 fully saturated rings. The van der Waals surface area contributed by atoms with Crippen LogP contribution in [0.4, 0.5) is 5.69 Å². The molecule has 1 N–H and O–H groups in total. The van der Waals surface area contributed by atoms with Crippen molar-refractivity contribution in [2.75, 3.05) is 38.3 Å². The summed E-state index contributed by atoms with van der Waals surface area (Å²) < 4.78 is 5.06. The molecular formula is C16H27ClN2O. The molecule has 0 saturated heterocycles. The molecule has 1 aromatic carbocycles. The van der Waals surface area contributed by atoms with Gasteiger partial charge in [0.2, 0.25) is 0 Å². The number of nitrogens with one attached hydrogen (secondary N) is 1. The van der Waals surface area contributed by atoms with Gasteiger partial charge in [0.1, 0.15) is 0 Å². The van der Waals surface area contributed by atoms with Crippen LogP contribution in [0.1, 0.15) is 32.3 Å². The third-order valence-electron chi connectivity index (χ3n) is 3.38. The molecule has 114 valence electrons. The molecule has 0 aliphatic heterocycles. The fourth-order valence-electron chi connectivity index (χ4n) is 2.20. The van der Waals surface area contributed by atoms with Crippen LogP contribution in [0.5, 0.6) is 0 Å². The topological polar surface area (TPSA) is 24.5 Å². The standard InChI is InChI=1S/C16H27ClN2O/c1-4-6-11-19(5-2)16-9-7-8-15(17)14(16)13-18-10-12-20-3/h7-9,18H,4-6,10-13H2,1-3H3. The van der Waals surface area contributed by atoms with Crippen LogP contribution in [0, 0.1) is 0 Å². The number of halogens is 1. The average molecular weight is 299 g/mol. The van der Waals surface area contributed by atoms with Gasteiger partial charge in [0.25, 0.3) is 0 Å². The minimum atomic E-state index is 0.715. The van der Waals surface area contributed by atoms with Crippen LogP contribution in [-0.2, 0) is 11.3 Å². The third kappa shape index (κ3) is 5.31. The van der Waals surface area contributed by atoms with E-state index in [1.165, 1.54) is 24.1 Å². The van der Waals surface area contributed by atoms with Gasteiger partial charge in [0, 0.05) is 49.6 Å². The van der Waals surface area contributed by atoms with Crippen LogP contribution in [0.25, 0.3) is 0 Å². The van der Waals surface area contributed by atoms with Gasteiger partial charge in [-0.1, -0.05) is 31.0 Å². The summed E-state index contributed by atoms with van der Waals surface area (Å²) in [5.74, 6) is 0. The highest BCUT2D eigenvalue weighted by molar-refractivity contribution is 6.31. The number of hydrogen-bond donors (Lipinski definition) is 1. The highest BCUT2D eigenvalue weighted by Gasteiger charge is 2.12. The first-order chi connectivity index (χ1) is 9.74. The van der Waals surface area contributed by atoms with Crippen molar-refractivity contribution in [3.8, 4) is 0 Å². The van der Waals surface area contributed by atoms with Crippen LogP contribution < -0.4 is 10.2 Å². The molecule has 0 radical (unpaired) electrons.